The summed E-state index contributed by atoms with van der Waals surface area (Å²) in [5, 5.41) is 2.55. The summed E-state index contributed by atoms with van der Waals surface area (Å²) in [5.74, 6) is -3.34. The van der Waals surface area contributed by atoms with Gasteiger partial charge in [-0.05, 0) is 12.8 Å². The van der Waals surface area contributed by atoms with E-state index < -0.39 is 36.1 Å². The van der Waals surface area contributed by atoms with Gasteiger partial charge in [-0.3, -0.25) is 14.2 Å². The van der Waals surface area contributed by atoms with E-state index in [4.69, 9.17) is 4.74 Å². The maximum Gasteiger partial charge on any atom is 0.395 e. The number of nitrogens with zero attached hydrogens (tertiary/aromatic N) is 3. The molecule has 122 valence electrons. The third-order valence-corrected chi connectivity index (χ3v) is 4.52. The van der Waals surface area contributed by atoms with Crippen molar-refractivity contribution in [3.8, 4) is 0 Å². The third kappa shape index (κ3) is 2.26. The molecule has 2 saturated heterocycles. The number of carbonyl (C=O) groups is 1. The summed E-state index contributed by atoms with van der Waals surface area (Å²) in [6.45, 7) is 0. The van der Waals surface area contributed by atoms with E-state index in [1.54, 1.807) is 10.6 Å². The number of anilines is 1. The van der Waals surface area contributed by atoms with Gasteiger partial charge in [-0.25, -0.2) is 4.98 Å². The molecule has 2 aromatic rings. The number of hydrogen-bond acceptors (Lipinski definition) is 4. The van der Waals surface area contributed by atoms with Gasteiger partial charge in [0.05, 0.1) is 36.4 Å². The van der Waals surface area contributed by atoms with E-state index in [1.165, 1.54) is 18.6 Å². The Bertz CT molecular complexity index is 760. The van der Waals surface area contributed by atoms with Crippen LogP contribution in [0.15, 0.2) is 24.8 Å². The van der Waals surface area contributed by atoms with Crippen molar-refractivity contribution in [2.45, 2.75) is 31.2 Å². The van der Waals surface area contributed by atoms with E-state index in [0.717, 1.165) is 0 Å². The molecular weight excluding hydrogens is 313 g/mol. The van der Waals surface area contributed by atoms with Crippen LogP contribution in [0.1, 0.15) is 12.8 Å². The van der Waals surface area contributed by atoms with Gasteiger partial charge in [-0.15, -0.1) is 0 Å². The molecule has 9 heteroatoms. The van der Waals surface area contributed by atoms with Crippen LogP contribution >= 0.6 is 0 Å². The molecule has 23 heavy (non-hydrogen) atoms. The predicted octanol–water partition coefficient (Wildman–Crippen LogP) is 2.02. The highest BCUT2D eigenvalue weighted by atomic mass is 19.4. The highest BCUT2D eigenvalue weighted by Crippen LogP contribution is 2.50. The van der Waals surface area contributed by atoms with Gasteiger partial charge < -0.3 is 10.1 Å². The highest BCUT2D eigenvalue weighted by Gasteiger charge is 2.62. The van der Waals surface area contributed by atoms with Crippen molar-refractivity contribution in [3.63, 3.8) is 0 Å². The van der Waals surface area contributed by atoms with E-state index in [1.807, 2.05) is 0 Å². The molecule has 0 radical (unpaired) electrons. The number of alkyl halides is 3. The number of carbonyl (C=O) groups excluding carboxylic acids is 1. The number of amides is 1. The fraction of sp³-hybridized carbons (Fsp3) is 0.500. The van der Waals surface area contributed by atoms with Crippen LogP contribution in [0.4, 0.5) is 19.0 Å². The van der Waals surface area contributed by atoms with Crippen molar-refractivity contribution >= 4 is 17.4 Å². The van der Waals surface area contributed by atoms with Gasteiger partial charge in [0, 0.05) is 12.4 Å². The van der Waals surface area contributed by atoms with E-state index in [2.05, 4.69) is 15.3 Å². The smallest absolute Gasteiger partial charge is 0.373 e. The second kappa shape index (κ2) is 4.92. The largest absolute Gasteiger partial charge is 0.395 e. The lowest BCUT2D eigenvalue weighted by Crippen LogP contribution is -2.44. The van der Waals surface area contributed by atoms with Crippen LogP contribution in [0.2, 0.25) is 0 Å². The number of fused-ring (bicyclic) bond motifs is 3. The fourth-order valence-corrected chi connectivity index (χ4v) is 3.57. The Balaban J connectivity index is 1.61. The fourth-order valence-electron chi connectivity index (χ4n) is 3.57. The second-order valence-corrected chi connectivity index (χ2v) is 5.82. The molecule has 1 amide bonds. The Morgan fingerprint density at radius 3 is 2.87 bits per heavy atom. The normalized spacial score (nSPS) is 30.0. The zero-order chi connectivity index (χ0) is 16.2. The molecule has 2 aromatic heterocycles. The molecule has 4 heterocycles. The summed E-state index contributed by atoms with van der Waals surface area (Å²) in [5.41, 5.74) is 0.499. The molecule has 0 aromatic carbocycles. The summed E-state index contributed by atoms with van der Waals surface area (Å²) < 4.78 is 46.7. The maximum absolute atomic E-state index is 13.3. The van der Waals surface area contributed by atoms with Crippen LogP contribution in [-0.2, 0) is 9.53 Å². The van der Waals surface area contributed by atoms with Crippen LogP contribution in [0.3, 0.4) is 0 Å². The van der Waals surface area contributed by atoms with Gasteiger partial charge in [0.1, 0.15) is 5.82 Å². The number of halogens is 3. The molecule has 4 unspecified atom stereocenters. The zero-order valence-electron chi connectivity index (χ0n) is 11.8. The molecule has 1 N–H and O–H groups in total. The van der Waals surface area contributed by atoms with Crippen molar-refractivity contribution in [2.24, 2.45) is 11.8 Å². The third-order valence-electron chi connectivity index (χ3n) is 4.52. The van der Waals surface area contributed by atoms with E-state index in [0.29, 0.717) is 24.3 Å². The van der Waals surface area contributed by atoms with Crippen molar-refractivity contribution in [1.82, 2.24) is 14.4 Å². The average molecular weight is 326 g/mol. The first-order valence-corrected chi connectivity index (χ1v) is 7.25. The molecule has 0 saturated carbocycles. The number of hydrogen-bond donors (Lipinski definition) is 1. The SMILES string of the molecule is O=C(Nc1cnc2cnccn12)C1C2CCC(O2)C1C(F)(F)F. The van der Waals surface area contributed by atoms with Crippen LogP contribution in [0.5, 0.6) is 0 Å². The molecule has 6 nitrogen and oxygen atoms in total. The van der Waals surface area contributed by atoms with Crippen molar-refractivity contribution in [3.05, 3.63) is 24.8 Å². The quantitative estimate of drug-likeness (QED) is 0.917. The van der Waals surface area contributed by atoms with Crippen molar-refractivity contribution < 1.29 is 22.7 Å². The van der Waals surface area contributed by atoms with Gasteiger partial charge in [0.2, 0.25) is 5.91 Å². The van der Waals surface area contributed by atoms with Crippen LogP contribution < -0.4 is 5.32 Å². The number of aromatic nitrogens is 3. The number of imidazole rings is 1. The monoisotopic (exact) mass is 326 g/mol. The first-order chi connectivity index (χ1) is 10.9. The Morgan fingerprint density at radius 1 is 1.30 bits per heavy atom. The van der Waals surface area contributed by atoms with Gasteiger partial charge in [0.25, 0.3) is 0 Å². The molecule has 2 bridgehead atoms. The van der Waals surface area contributed by atoms with E-state index in [-0.39, 0.29) is 0 Å². The molecular formula is C14H13F3N4O2. The van der Waals surface area contributed by atoms with Crippen LogP contribution in [0, 0.1) is 11.8 Å². The Hall–Kier alpha value is -2.16. The second-order valence-electron chi connectivity index (χ2n) is 5.82. The van der Waals surface area contributed by atoms with Gasteiger partial charge >= 0.3 is 6.18 Å². The summed E-state index contributed by atoms with van der Waals surface area (Å²) >= 11 is 0. The number of ether oxygens (including phenoxy) is 1. The lowest BCUT2D eigenvalue weighted by atomic mass is 9.78. The zero-order valence-corrected chi connectivity index (χ0v) is 11.8. The molecule has 0 spiro atoms. The Kier molecular flexibility index (Phi) is 3.09. The first-order valence-electron chi connectivity index (χ1n) is 7.25. The van der Waals surface area contributed by atoms with Gasteiger partial charge in [0.15, 0.2) is 5.65 Å². The predicted molar refractivity (Wildman–Crippen MR) is 72.5 cm³/mol. The minimum Gasteiger partial charge on any atom is -0.373 e. The molecule has 0 aliphatic carbocycles. The summed E-state index contributed by atoms with van der Waals surface area (Å²) in [7, 11) is 0. The van der Waals surface area contributed by atoms with Gasteiger partial charge in [-0.1, -0.05) is 0 Å². The summed E-state index contributed by atoms with van der Waals surface area (Å²) in [4.78, 5) is 20.4. The lowest BCUT2D eigenvalue weighted by molar-refractivity contribution is -0.196. The number of nitrogens with one attached hydrogen (secondary N) is 1. The van der Waals surface area contributed by atoms with Crippen molar-refractivity contribution in [1.29, 1.82) is 0 Å². The van der Waals surface area contributed by atoms with Crippen LogP contribution in [0.25, 0.3) is 5.65 Å². The minimum absolute atomic E-state index is 0.316. The Morgan fingerprint density at radius 2 is 2.09 bits per heavy atom. The van der Waals surface area contributed by atoms with Crippen LogP contribution in [-0.4, -0.2) is 38.7 Å². The van der Waals surface area contributed by atoms with E-state index >= 15 is 0 Å². The highest BCUT2D eigenvalue weighted by molar-refractivity contribution is 5.93. The summed E-state index contributed by atoms with van der Waals surface area (Å²) in [6, 6.07) is 0. The first kappa shape index (κ1) is 14.4. The van der Waals surface area contributed by atoms with Crippen molar-refractivity contribution in [2.75, 3.05) is 5.32 Å². The molecule has 4 atom stereocenters. The molecule has 2 aliphatic heterocycles. The standard InChI is InChI=1S/C14H13F3N4O2/c15-14(16,17)12-8-2-1-7(23-8)11(12)13(22)20-10-6-19-9-5-18-3-4-21(9)10/h3-8,11-12H,1-2H2,(H,20,22). The van der Waals surface area contributed by atoms with E-state index in [9.17, 15) is 18.0 Å². The summed E-state index contributed by atoms with van der Waals surface area (Å²) in [6.07, 6.45) is 0.757. The molecule has 4 rings (SSSR count). The van der Waals surface area contributed by atoms with Gasteiger partial charge in [-0.2, -0.15) is 13.2 Å². The molecule has 2 aliphatic rings. The Labute approximate surface area is 128 Å². The average Bonchev–Trinajstić information content (AvgIpc) is 3.20. The maximum atomic E-state index is 13.3. The number of rotatable bonds is 2. The molecule has 2 fully saturated rings. The minimum atomic E-state index is -4.45. The lowest BCUT2D eigenvalue weighted by Gasteiger charge is -2.28. The topological polar surface area (TPSA) is 68.5 Å².